The second-order valence-electron chi connectivity index (χ2n) is 6.03. The van der Waals surface area contributed by atoms with Gasteiger partial charge in [0.15, 0.2) is 0 Å². The number of amides is 1. The van der Waals surface area contributed by atoms with E-state index in [9.17, 15) is 9.90 Å². The van der Waals surface area contributed by atoms with Crippen molar-refractivity contribution < 1.29 is 9.90 Å². The van der Waals surface area contributed by atoms with Crippen molar-refractivity contribution in [3.8, 4) is 0 Å². The predicted molar refractivity (Wildman–Crippen MR) is 74.3 cm³/mol. The molecule has 0 aliphatic heterocycles. The van der Waals surface area contributed by atoms with E-state index >= 15 is 0 Å². The lowest BCUT2D eigenvalue weighted by Gasteiger charge is -2.28. The van der Waals surface area contributed by atoms with Crippen molar-refractivity contribution >= 4 is 5.91 Å². The summed E-state index contributed by atoms with van der Waals surface area (Å²) in [6.45, 7) is 4.65. The van der Waals surface area contributed by atoms with E-state index in [-0.39, 0.29) is 12.0 Å². The van der Waals surface area contributed by atoms with Crippen LogP contribution in [0.5, 0.6) is 0 Å². The lowest BCUT2D eigenvalue weighted by atomic mass is 9.79. The Balaban J connectivity index is 2.29. The number of hydrogen-bond donors (Lipinski definition) is 1. The number of carbonyl (C=O) groups is 1. The number of hydrogen-bond acceptors (Lipinski definition) is 2. The molecule has 1 N–H and O–H groups in total. The molecule has 0 heterocycles. The molecule has 0 aromatic carbocycles. The zero-order valence-corrected chi connectivity index (χ0v) is 12.2. The number of aliphatic hydroxyl groups excluding tert-OH is 1. The highest BCUT2D eigenvalue weighted by Crippen LogP contribution is 2.31. The Bertz CT molecular complexity index is 247. The zero-order valence-electron chi connectivity index (χ0n) is 12.2. The molecule has 3 nitrogen and oxygen atoms in total. The molecule has 0 saturated heterocycles. The van der Waals surface area contributed by atoms with Crippen LogP contribution in [0.4, 0.5) is 0 Å². The first-order valence-electron chi connectivity index (χ1n) is 7.42. The fraction of sp³-hybridized carbons (Fsp3) is 0.933. The molecule has 0 aromatic heterocycles. The van der Waals surface area contributed by atoms with Gasteiger partial charge in [0.05, 0.1) is 6.10 Å². The van der Waals surface area contributed by atoms with E-state index in [0.29, 0.717) is 25.3 Å². The molecular formula is C15H29NO2. The third-order valence-corrected chi connectivity index (χ3v) is 4.26. The van der Waals surface area contributed by atoms with Gasteiger partial charge in [-0.1, -0.05) is 39.0 Å². The summed E-state index contributed by atoms with van der Waals surface area (Å²) >= 11 is 0. The van der Waals surface area contributed by atoms with Gasteiger partial charge in [-0.2, -0.15) is 0 Å². The van der Waals surface area contributed by atoms with Crippen LogP contribution in [0.3, 0.4) is 0 Å². The Morgan fingerprint density at radius 1 is 1.28 bits per heavy atom. The van der Waals surface area contributed by atoms with Crippen molar-refractivity contribution in [1.29, 1.82) is 0 Å². The van der Waals surface area contributed by atoms with Crippen LogP contribution in [0.2, 0.25) is 0 Å². The van der Waals surface area contributed by atoms with Gasteiger partial charge < -0.3 is 10.0 Å². The molecule has 0 bridgehead atoms. The summed E-state index contributed by atoms with van der Waals surface area (Å²) in [5.41, 5.74) is 0. The Kier molecular flexibility index (Phi) is 6.69. The highest BCUT2D eigenvalue weighted by Gasteiger charge is 2.23. The second kappa shape index (κ2) is 7.78. The highest BCUT2D eigenvalue weighted by atomic mass is 16.3. The minimum absolute atomic E-state index is 0.230. The topological polar surface area (TPSA) is 40.5 Å². The fourth-order valence-electron chi connectivity index (χ4n) is 2.81. The number of carbonyl (C=O) groups excluding carboxylic acids is 1. The lowest BCUT2D eigenvalue weighted by Crippen LogP contribution is -2.32. The van der Waals surface area contributed by atoms with Gasteiger partial charge in [-0.25, -0.2) is 0 Å². The van der Waals surface area contributed by atoms with Gasteiger partial charge in [-0.15, -0.1) is 0 Å². The molecule has 106 valence electrons. The van der Waals surface area contributed by atoms with E-state index in [2.05, 4.69) is 6.92 Å². The molecule has 1 aliphatic carbocycles. The first kappa shape index (κ1) is 15.5. The van der Waals surface area contributed by atoms with Gasteiger partial charge in [0.25, 0.3) is 0 Å². The molecule has 0 radical (unpaired) electrons. The van der Waals surface area contributed by atoms with Crippen molar-refractivity contribution in [2.75, 3.05) is 13.6 Å². The monoisotopic (exact) mass is 255 g/mol. The molecule has 2 unspecified atom stereocenters. The zero-order chi connectivity index (χ0) is 13.5. The summed E-state index contributed by atoms with van der Waals surface area (Å²) < 4.78 is 0. The van der Waals surface area contributed by atoms with Gasteiger partial charge >= 0.3 is 0 Å². The first-order valence-corrected chi connectivity index (χ1v) is 7.42. The Morgan fingerprint density at radius 3 is 2.44 bits per heavy atom. The largest absolute Gasteiger partial charge is 0.393 e. The predicted octanol–water partition coefficient (Wildman–Crippen LogP) is 2.82. The van der Waals surface area contributed by atoms with Crippen LogP contribution in [-0.4, -0.2) is 35.6 Å². The second-order valence-corrected chi connectivity index (χ2v) is 6.03. The van der Waals surface area contributed by atoms with Crippen LogP contribution in [0.25, 0.3) is 0 Å². The molecule has 0 aromatic rings. The third kappa shape index (κ3) is 5.38. The van der Waals surface area contributed by atoms with E-state index < -0.39 is 0 Å². The van der Waals surface area contributed by atoms with E-state index in [1.54, 1.807) is 11.8 Å². The van der Waals surface area contributed by atoms with Gasteiger partial charge in [0.2, 0.25) is 5.91 Å². The molecule has 1 saturated carbocycles. The number of aliphatic hydroxyl groups is 1. The van der Waals surface area contributed by atoms with Gasteiger partial charge in [-0.3, -0.25) is 4.79 Å². The normalized spacial score (nSPS) is 20.4. The standard InChI is InChI=1S/C15H29NO2/c1-12(14-7-5-4-6-8-14)11-15(18)16(3)10-9-13(2)17/h12-14,17H,4-11H2,1-3H3. The van der Waals surface area contributed by atoms with E-state index in [1.807, 2.05) is 7.05 Å². The van der Waals surface area contributed by atoms with Crippen molar-refractivity contribution in [2.45, 2.75) is 64.9 Å². The van der Waals surface area contributed by atoms with Gasteiger partial charge in [-0.05, 0) is 25.2 Å². The summed E-state index contributed by atoms with van der Waals surface area (Å²) in [7, 11) is 1.85. The van der Waals surface area contributed by atoms with Crippen molar-refractivity contribution in [3.05, 3.63) is 0 Å². The van der Waals surface area contributed by atoms with Crippen LogP contribution in [-0.2, 0) is 4.79 Å². The molecule has 18 heavy (non-hydrogen) atoms. The van der Waals surface area contributed by atoms with Crippen LogP contribution in [0.15, 0.2) is 0 Å². The fourth-order valence-corrected chi connectivity index (χ4v) is 2.81. The highest BCUT2D eigenvalue weighted by molar-refractivity contribution is 5.76. The summed E-state index contributed by atoms with van der Waals surface area (Å²) in [5.74, 6) is 1.48. The van der Waals surface area contributed by atoms with Crippen LogP contribution in [0.1, 0.15) is 58.8 Å². The quantitative estimate of drug-likeness (QED) is 0.793. The maximum absolute atomic E-state index is 12.1. The summed E-state index contributed by atoms with van der Waals surface area (Å²) in [4.78, 5) is 13.8. The minimum atomic E-state index is -0.323. The van der Waals surface area contributed by atoms with Gasteiger partial charge in [0, 0.05) is 20.0 Å². The smallest absolute Gasteiger partial charge is 0.222 e. The van der Waals surface area contributed by atoms with Gasteiger partial charge in [0.1, 0.15) is 0 Å². The summed E-state index contributed by atoms with van der Waals surface area (Å²) in [5, 5.41) is 9.23. The third-order valence-electron chi connectivity index (χ3n) is 4.26. The summed E-state index contributed by atoms with van der Waals surface area (Å²) in [6.07, 6.45) is 7.64. The lowest BCUT2D eigenvalue weighted by molar-refractivity contribution is -0.131. The molecule has 2 atom stereocenters. The molecule has 0 spiro atoms. The van der Waals surface area contributed by atoms with Crippen molar-refractivity contribution in [3.63, 3.8) is 0 Å². The van der Waals surface area contributed by atoms with Crippen molar-refractivity contribution in [1.82, 2.24) is 4.90 Å². The molecule has 1 amide bonds. The molecular weight excluding hydrogens is 226 g/mol. The average molecular weight is 255 g/mol. The van der Waals surface area contributed by atoms with Crippen molar-refractivity contribution in [2.24, 2.45) is 11.8 Å². The Morgan fingerprint density at radius 2 is 1.89 bits per heavy atom. The number of rotatable bonds is 6. The maximum atomic E-state index is 12.1. The molecule has 3 heteroatoms. The summed E-state index contributed by atoms with van der Waals surface area (Å²) in [6, 6.07) is 0. The van der Waals surface area contributed by atoms with E-state index in [0.717, 1.165) is 5.92 Å². The number of nitrogens with zero attached hydrogens (tertiary/aromatic N) is 1. The Labute approximate surface area is 112 Å². The molecule has 1 fully saturated rings. The average Bonchev–Trinajstić information content (AvgIpc) is 2.36. The SMILES string of the molecule is CC(O)CCN(C)C(=O)CC(C)C1CCCCC1. The molecule has 1 aliphatic rings. The van der Waals surface area contributed by atoms with Crippen LogP contribution < -0.4 is 0 Å². The first-order chi connectivity index (χ1) is 8.50. The molecule has 1 rings (SSSR count). The maximum Gasteiger partial charge on any atom is 0.222 e. The Hall–Kier alpha value is -0.570. The van der Waals surface area contributed by atoms with E-state index in [4.69, 9.17) is 0 Å². The van der Waals surface area contributed by atoms with Crippen LogP contribution in [0, 0.1) is 11.8 Å². The van der Waals surface area contributed by atoms with Crippen LogP contribution >= 0.6 is 0 Å². The minimum Gasteiger partial charge on any atom is -0.393 e. The van der Waals surface area contributed by atoms with E-state index in [1.165, 1.54) is 32.1 Å².